The van der Waals surface area contributed by atoms with Crippen LogP contribution >= 0.6 is 0 Å². The van der Waals surface area contributed by atoms with Crippen LogP contribution in [0, 0.1) is 0 Å². The summed E-state index contributed by atoms with van der Waals surface area (Å²) in [6, 6.07) is 20.7. The van der Waals surface area contributed by atoms with Gasteiger partial charge in [0.1, 0.15) is 11.4 Å². The van der Waals surface area contributed by atoms with Gasteiger partial charge in [0.2, 0.25) is 0 Å². The van der Waals surface area contributed by atoms with Gasteiger partial charge in [-0.2, -0.15) is 0 Å². The van der Waals surface area contributed by atoms with Crippen LogP contribution in [0.25, 0.3) is 0 Å². The summed E-state index contributed by atoms with van der Waals surface area (Å²) < 4.78 is 0. The van der Waals surface area contributed by atoms with Crippen LogP contribution in [0.4, 0.5) is 11.4 Å². The molecule has 0 aliphatic rings. The van der Waals surface area contributed by atoms with E-state index in [0.717, 1.165) is 0 Å². The number of quaternary nitrogens is 1. The minimum atomic E-state index is 0. The minimum Gasteiger partial charge on any atom is -1.00 e. The molecular formula is C12H12BrN. The van der Waals surface area contributed by atoms with Crippen LogP contribution in [0.2, 0.25) is 0 Å². The predicted octanol–water partition coefficient (Wildman–Crippen LogP) is -0.783. The van der Waals surface area contributed by atoms with Crippen molar-refractivity contribution in [3.8, 4) is 0 Å². The van der Waals surface area contributed by atoms with Gasteiger partial charge in [0.15, 0.2) is 0 Å². The van der Waals surface area contributed by atoms with E-state index < -0.39 is 0 Å². The van der Waals surface area contributed by atoms with E-state index in [-0.39, 0.29) is 17.0 Å². The largest absolute Gasteiger partial charge is 1.00 e. The van der Waals surface area contributed by atoms with Crippen LogP contribution in [0.1, 0.15) is 0 Å². The lowest BCUT2D eigenvalue weighted by Crippen LogP contribution is -3.00. The van der Waals surface area contributed by atoms with Crippen LogP contribution in [-0.4, -0.2) is 0 Å². The van der Waals surface area contributed by atoms with E-state index in [2.05, 4.69) is 53.8 Å². The maximum absolute atomic E-state index is 2.17. The Morgan fingerprint density at radius 1 is 0.571 bits per heavy atom. The average molecular weight is 250 g/mol. The van der Waals surface area contributed by atoms with Gasteiger partial charge < -0.3 is 17.0 Å². The highest BCUT2D eigenvalue weighted by molar-refractivity contribution is 5.35. The van der Waals surface area contributed by atoms with E-state index in [4.69, 9.17) is 0 Å². The van der Waals surface area contributed by atoms with Gasteiger partial charge in [-0.05, 0) is 24.3 Å². The highest BCUT2D eigenvalue weighted by atomic mass is 79.9. The molecule has 0 radical (unpaired) electrons. The van der Waals surface area contributed by atoms with Crippen molar-refractivity contribution in [1.29, 1.82) is 0 Å². The lowest BCUT2D eigenvalue weighted by molar-refractivity contribution is -0.478. The van der Waals surface area contributed by atoms with Gasteiger partial charge in [0.05, 0.1) is 0 Å². The van der Waals surface area contributed by atoms with Crippen molar-refractivity contribution < 1.29 is 22.3 Å². The fourth-order valence-corrected chi connectivity index (χ4v) is 1.29. The van der Waals surface area contributed by atoms with Gasteiger partial charge in [-0.25, -0.2) is 0 Å². The number of halogens is 1. The second kappa shape index (κ2) is 5.58. The van der Waals surface area contributed by atoms with Gasteiger partial charge in [0.25, 0.3) is 0 Å². The zero-order chi connectivity index (χ0) is 8.93. The Kier molecular flexibility index (Phi) is 4.36. The summed E-state index contributed by atoms with van der Waals surface area (Å²) >= 11 is 0. The summed E-state index contributed by atoms with van der Waals surface area (Å²) in [5, 5.41) is 2.17. The topological polar surface area (TPSA) is 16.6 Å². The Hall–Kier alpha value is -1.12. The predicted molar refractivity (Wildman–Crippen MR) is 54.1 cm³/mol. The number of hydrogen-bond acceptors (Lipinski definition) is 0. The lowest BCUT2D eigenvalue weighted by atomic mass is 10.3. The Morgan fingerprint density at radius 2 is 0.929 bits per heavy atom. The quantitative estimate of drug-likeness (QED) is 0.673. The van der Waals surface area contributed by atoms with Gasteiger partial charge in [0, 0.05) is 0 Å². The van der Waals surface area contributed by atoms with Gasteiger partial charge >= 0.3 is 0 Å². The Balaban J connectivity index is 0.000000980. The van der Waals surface area contributed by atoms with Crippen molar-refractivity contribution in [3.63, 3.8) is 0 Å². The van der Waals surface area contributed by atoms with Crippen LogP contribution < -0.4 is 22.3 Å². The maximum Gasteiger partial charge on any atom is 0.134 e. The highest BCUT2D eigenvalue weighted by Gasteiger charge is 1.96. The number of hydrogen-bond donors (Lipinski definition) is 1. The molecule has 0 aliphatic carbocycles. The van der Waals surface area contributed by atoms with Crippen LogP contribution in [0.3, 0.4) is 0 Å². The third-order valence-electron chi connectivity index (χ3n) is 1.93. The fraction of sp³-hybridized carbons (Fsp3) is 0. The van der Waals surface area contributed by atoms with Crippen molar-refractivity contribution in [1.82, 2.24) is 0 Å². The minimum absolute atomic E-state index is 0. The zero-order valence-corrected chi connectivity index (χ0v) is 9.31. The molecule has 0 saturated heterocycles. The molecule has 0 saturated carbocycles. The molecule has 0 aromatic heterocycles. The summed E-state index contributed by atoms with van der Waals surface area (Å²) in [6.07, 6.45) is 0. The molecule has 72 valence electrons. The molecular weight excluding hydrogens is 238 g/mol. The van der Waals surface area contributed by atoms with E-state index in [1.54, 1.807) is 0 Å². The average Bonchev–Trinajstić information content (AvgIpc) is 2.21. The van der Waals surface area contributed by atoms with E-state index in [0.29, 0.717) is 0 Å². The first-order valence-electron chi connectivity index (χ1n) is 4.40. The molecule has 2 aromatic rings. The summed E-state index contributed by atoms with van der Waals surface area (Å²) in [7, 11) is 0. The van der Waals surface area contributed by atoms with E-state index >= 15 is 0 Å². The monoisotopic (exact) mass is 249 g/mol. The molecule has 2 rings (SSSR count). The molecule has 0 amide bonds. The highest BCUT2D eigenvalue weighted by Crippen LogP contribution is 2.02. The van der Waals surface area contributed by atoms with Gasteiger partial charge in [-0.15, -0.1) is 0 Å². The molecule has 0 atom stereocenters. The number of rotatable bonds is 2. The first-order chi connectivity index (χ1) is 6.45. The van der Waals surface area contributed by atoms with Gasteiger partial charge in [-0.3, -0.25) is 5.32 Å². The molecule has 2 N–H and O–H groups in total. The van der Waals surface area contributed by atoms with Gasteiger partial charge in [-0.1, -0.05) is 36.4 Å². The lowest BCUT2D eigenvalue weighted by Gasteiger charge is -1.98. The summed E-state index contributed by atoms with van der Waals surface area (Å²) in [5.74, 6) is 0. The maximum atomic E-state index is 2.17. The van der Waals surface area contributed by atoms with Crippen molar-refractivity contribution in [2.45, 2.75) is 0 Å². The molecule has 1 nitrogen and oxygen atoms in total. The summed E-state index contributed by atoms with van der Waals surface area (Å²) in [6.45, 7) is 0. The second-order valence-corrected chi connectivity index (χ2v) is 2.97. The number of nitrogens with two attached hydrogens (primary N) is 1. The third kappa shape index (κ3) is 2.98. The van der Waals surface area contributed by atoms with Crippen molar-refractivity contribution in [2.24, 2.45) is 0 Å². The molecule has 0 heterocycles. The van der Waals surface area contributed by atoms with Crippen LogP contribution in [0.15, 0.2) is 60.7 Å². The SMILES string of the molecule is [Br-].c1ccc([NH2+]c2ccccc2)cc1. The molecule has 0 fully saturated rings. The number of benzene rings is 2. The number of para-hydroxylation sites is 2. The molecule has 0 unspecified atom stereocenters. The molecule has 0 aliphatic heterocycles. The standard InChI is InChI=1S/C12H11N.BrH/c1-3-7-11(8-4-1)13-12-9-5-2-6-10-12;/h1-10,13H;1H. The second-order valence-electron chi connectivity index (χ2n) is 2.97. The molecule has 14 heavy (non-hydrogen) atoms. The molecule has 0 bridgehead atoms. The smallest absolute Gasteiger partial charge is 0.134 e. The third-order valence-corrected chi connectivity index (χ3v) is 1.93. The van der Waals surface area contributed by atoms with Crippen molar-refractivity contribution in [3.05, 3.63) is 60.7 Å². The Bertz CT molecular complexity index is 321. The summed E-state index contributed by atoms with van der Waals surface area (Å²) in [4.78, 5) is 0. The molecule has 2 aromatic carbocycles. The molecule has 2 heteroatoms. The van der Waals surface area contributed by atoms with Crippen molar-refractivity contribution in [2.75, 3.05) is 0 Å². The van der Waals surface area contributed by atoms with Crippen LogP contribution in [-0.2, 0) is 0 Å². The zero-order valence-electron chi connectivity index (χ0n) is 7.73. The van der Waals surface area contributed by atoms with E-state index in [1.807, 2.05) is 12.1 Å². The van der Waals surface area contributed by atoms with Crippen molar-refractivity contribution >= 4 is 11.4 Å². The Morgan fingerprint density at radius 3 is 1.29 bits per heavy atom. The van der Waals surface area contributed by atoms with Crippen LogP contribution in [0.5, 0.6) is 0 Å². The van der Waals surface area contributed by atoms with E-state index in [9.17, 15) is 0 Å². The normalized spacial score (nSPS) is 9.14. The first-order valence-corrected chi connectivity index (χ1v) is 4.40. The molecule has 0 spiro atoms. The Labute approximate surface area is 94.6 Å². The van der Waals surface area contributed by atoms with E-state index in [1.165, 1.54) is 11.4 Å². The fourth-order valence-electron chi connectivity index (χ4n) is 1.29. The summed E-state index contributed by atoms with van der Waals surface area (Å²) in [5.41, 5.74) is 2.49. The first kappa shape index (κ1) is 11.0.